The van der Waals surface area contributed by atoms with E-state index >= 15 is 0 Å². The van der Waals surface area contributed by atoms with E-state index in [4.69, 9.17) is 9.05 Å². The average molecular weight is 387 g/mol. The quantitative estimate of drug-likeness (QED) is 0.395. The zero-order valence-electron chi connectivity index (χ0n) is 14.9. The molecular formula is C18H18N3O5P. The summed E-state index contributed by atoms with van der Waals surface area (Å²) in [7, 11) is -3.65. The van der Waals surface area contributed by atoms with Crippen molar-refractivity contribution in [1.29, 1.82) is 5.26 Å². The number of fused-ring (bicyclic) bond motifs is 3. The van der Waals surface area contributed by atoms with Gasteiger partial charge in [0.05, 0.1) is 35.9 Å². The summed E-state index contributed by atoms with van der Waals surface area (Å²) in [5, 5.41) is 10.8. The van der Waals surface area contributed by atoms with Crippen molar-refractivity contribution in [1.82, 2.24) is 9.55 Å². The normalized spacial score (nSPS) is 11.7. The van der Waals surface area contributed by atoms with Crippen molar-refractivity contribution in [2.24, 2.45) is 0 Å². The number of nitriles is 1. The van der Waals surface area contributed by atoms with Crippen molar-refractivity contribution in [3.05, 3.63) is 56.6 Å². The molecule has 2 aromatic carbocycles. The van der Waals surface area contributed by atoms with E-state index < -0.39 is 25.0 Å². The number of aromatic nitrogens is 2. The number of aromatic amines is 1. The smallest absolute Gasteiger partial charge is 0.315 e. The zero-order valence-corrected chi connectivity index (χ0v) is 15.8. The first-order chi connectivity index (χ1) is 12.9. The van der Waals surface area contributed by atoms with E-state index in [1.54, 1.807) is 38.1 Å². The lowest BCUT2D eigenvalue weighted by Gasteiger charge is -2.19. The van der Waals surface area contributed by atoms with Crippen LogP contribution >= 0.6 is 7.60 Å². The molecule has 3 aromatic rings. The number of rotatable bonds is 6. The van der Waals surface area contributed by atoms with E-state index in [0.29, 0.717) is 21.9 Å². The fourth-order valence-electron chi connectivity index (χ4n) is 3.02. The lowest BCUT2D eigenvalue weighted by atomic mass is 10.0. The molecule has 0 aliphatic heterocycles. The van der Waals surface area contributed by atoms with Crippen molar-refractivity contribution in [3.63, 3.8) is 0 Å². The summed E-state index contributed by atoms with van der Waals surface area (Å²) < 4.78 is 24.5. The van der Waals surface area contributed by atoms with Crippen LogP contribution in [0.4, 0.5) is 0 Å². The Morgan fingerprint density at radius 1 is 1.15 bits per heavy atom. The summed E-state index contributed by atoms with van der Waals surface area (Å²) >= 11 is 0. The zero-order chi connectivity index (χ0) is 19.6. The molecule has 0 saturated carbocycles. The number of hydrogen-bond acceptors (Lipinski definition) is 6. The van der Waals surface area contributed by atoms with Gasteiger partial charge in [-0.3, -0.25) is 18.7 Å². The van der Waals surface area contributed by atoms with Crippen LogP contribution in [-0.4, -0.2) is 22.8 Å². The minimum atomic E-state index is -3.65. The van der Waals surface area contributed by atoms with Crippen LogP contribution in [0.3, 0.4) is 0 Å². The van der Waals surface area contributed by atoms with E-state index in [2.05, 4.69) is 11.1 Å². The van der Waals surface area contributed by atoms with E-state index in [1.807, 2.05) is 0 Å². The van der Waals surface area contributed by atoms with Gasteiger partial charge in [0.2, 0.25) is 0 Å². The molecule has 0 fully saturated rings. The molecule has 3 rings (SSSR count). The van der Waals surface area contributed by atoms with Crippen molar-refractivity contribution >= 4 is 29.4 Å². The molecule has 0 atom stereocenters. The Kier molecular flexibility index (Phi) is 5.29. The average Bonchev–Trinajstić information content (AvgIpc) is 2.65. The molecule has 9 heteroatoms. The van der Waals surface area contributed by atoms with Crippen LogP contribution in [0.25, 0.3) is 21.8 Å². The fraction of sp³-hybridized carbons (Fsp3) is 0.278. The van der Waals surface area contributed by atoms with Crippen LogP contribution in [0.1, 0.15) is 19.4 Å². The molecule has 140 valence electrons. The molecule has 0 unspecified atom stereocenters. The Morgan fingerprint density at radius 2 is 1.78 bits per heavy atom. The maximum Gasteiger partial charge on any atom is 0.350 e. The monoisotopic (exact) mass is 387 g/mol. The topological polar surface area (TPSA) is 114 Å². The Morgan fingerprint density at radius 3 is 2.37 bits per heavy atom. The maximum absolute atomic E-state index is 12.9. The number of H-pyrrole nitrogens is 1. The van der Waals surface area contributed by atoms with E-state index in [0.717, 1.165) is 4.57 Å². The van der Waals surface area contributed by atoms with Gasteiger partial charge in [0.15, 0.2) is 0 Å². The standard InChI is InChI=1S/C18H18N3O5P/c1-3-25-27(24,26-4-2)11-21-15-9-12(10-19)13-7-5-6-8-14(13)16(15)20-17(22)18(21)23/h5-9H,3-4,11H2,1-2H3,(H,20,22). The first-order valence-corrected chi connectivity index (χ1v) is 10.1. The van der Waals surface area contributed by atoms with Gasteiger partial charge in [-0.05, 0) is 19.9 Å². The molecule has 0 bridgehead atoms. The van der Waals surface area contributed by atoms with Gasteiger partial charge in [-0.15, -0.1) is 0 Å². The van der Waals surface area contributed by atoms with Crippen molar-refractivity contribution < 1.29 is 13.6 Å². The number of nitrogens with zero attached hydrogens (tertiary/aromatic N) is 2. The highest BCUT2D eigenvalue weighted by molar-refractivity contribution is 7.52. The minimum absolute atomic E-state index is 0.125. The minimum Gasteiger partial charge on any atom is -0.315 e. The van der Waals surface area contributed by atoms with Crippen LogP contribution < -0.4 is 11.1 Å². The largest absolute Gasteiger partial charge is 0.350 e. The second kappa shape index (κ2) is 7.49. The second-order valence-corrected chi connectivity index (χ2v) is 7.77. The van der Waals surface area contributed by atoms with Gasteiger partial charge in [-0.2, -0.15) is 5.26 Å². The van der Waals surface area contributed by atoms with E-state index in [9.17, 15) is 19.4 Å². The number of nitrogens with one attached hydrogen (secondary N) is 1. The van der Waals surface area contributed by atoms with Crippen LogP contribution in [0, 0.1) is 11.3 Å². The summed E-state index contributed by atoms with van der Waals surface area (Å²) in [6.07, 6.45) is -0.420. The summed E-state index contributed by atoms with van der Waals surface area (Å²) in [5.41, 5.74) is -0.734. The Labute approximate surface area is 154 Å². The maximum atomic E-state index is 12.9. The molecule has 0 spiro atoms. The van der Waals surface area contributed by atoms with Crippen LogP contribution in [0.2, 0.25) is 0 Å². The van der Waals surface area contributed by atoms with Gasteiger partial charge in [0.25, 0.3) is 0 Å². The summed E-state index contributed by atoms with van der Waals surface area (Å²) in [6, 6.07) is 10.6. The Bertz CT molecular complexity index is 1210. The summed E-state index contributed by atoms with van der Waals surface area (Å²) in [5.74, 6) is 0. The lowest BCUT2D eigenvalue weighted by Crippen LogP contribution is -2.36. The summed E-state index contributed by atoms with van der Waals surface area (Å²) in [6.45, 7) is 3.57. The molecule has 27 heavy (non-hydrogen) atoms. The Hall–Kier alpha value is -2.72. The SMILES string of the molecule is CCOP(=O)(Cn1c(=O)c(=O)[nH]c2c3ccccc3c(C#N)cc21)OCC. The second-order valence-electron chi connectivity index (χ2n) is 5.75. The molecule has 0 saturated heterocycles. The molecule has 1 heterocycles. The van der Waals surface area contributed by atoms with Crippen LogP contribution in [0.5, 0.6) is 0 Å². The highest BCUT2D eigenvalue weighted by atomic mass is 31.2. The van der Waals surface area contributed by atoms with E-state index in [-0.39, 0.29) is 18.7 Å². The molecule has 1 N–H and O–H groups in total. The van der Waals surface area contributed by atoms with Crippen LogP contribution in [0.15, 0.2) is 39.9 Å². The van der Waals surface area contributed by atoms with Gasteiger partial charge in [-0.25, -0.2) is 0 Å². The molecule has 0 aliphatic carbocycles. The van der Waals surface area contributed by atoms with Gasteiger partial charge in [-0.1, -0.05) is 24.3 Å². The predicted molar refractivity (Wildman–Crippen MR) is 102 cm³/mol. The van der Waals surface area contributed by atoms with Gasteiger partial charge in [0.1, 0.15) is 6.29 Å². The number of benzene rings is 2. The van der Waals surface area contributed by atoms with Crippen molar-refractivity contribution in [2.75, 3.05) is 13.2 Å². The van der Waals surface area contributed by atoms with E-state index in [1.165, 1.54) is 6.07 Å². The highest BCUT2D eigenvalue weighted by Gasteiger charge is 2.27. The molecule has 8 nitrogen and oxygen atoms in total. The molecule has 1 aromatic heterocycles. The fourth-order valence-corrected chi connectivity index (χ4v) is 4.67. The highest BCUT2D eigenvalue weighted by Crippen LogP contribution is 2.49. The van der Waals surface area contributed by atoms with Crippen LogP contribution in [-0.2, 0) is 19.9 Å². The lowest BCUT2D eigenvalue weighted by molar-refractivity contribution is 0.214. The Balaban J connectivity index is 2.39. The van der Waals surface area contributed by atoms with Crippen molar-refractivity contribution in [3.8, 4) is 6.07 Å². The molecular weight excluding hydrogens is 369 g/mol. The van der Waals surface area contributed by atoms with Gasteiger partial charge < -0.3 is 14.0 Å². The first-order valence-electron chi connectivity index (χ1n) is 8.41. The number of hydrogen-bond donors (Lipinski definition) is 1. The third kappa shape index (κ3) is 3.45. The summed E-state index contributed by atoms with van der Waals surface area (Å²) in [4.78, 5) is 27.3. The van der Waals surface area contributed by atoms with Gasteiger partial charge >= 0.3 is 18.7 Å². The molecule has 0 radical (unpaired) electrons. The van der Waals surface area contributed by atoms with Gasteiger partial charge in [0, 0.05) is 10.8 Å². The van der Waals surface area contributed by atoms with Crippen molar-refractivity contribution in [2.45, 2.75) is 20.1 Å². The third-order valence-electron chi connectivity index (χ3n) is 4.08. The predicted octanol–water partition coefficient (Wildman–Crippen LogP) is 2.94. The third-order valence-corrected chi connectivity index (χ3v) is 6.01. The molecule has 0 amide bonds. The molecule has 0 aliphatic rings. The first kappa shape index (κ1) is 19.1.